The van der Waals surface area contributed by atoms with E-state index in [4.69, 9.17) is 14.2 Å². The van der Waals surface area contributed by atoms with Crippen LogP contribution in [0.15, 0.2) is 0 Å². The largest absolute Gasteiger partial charge is 0.462 e. The number of esters is 3. The first kappa shape index (κ1) is 20.4. The van der Waals surface area contributed by atoms with Crippen LogP contribution in [0.5, 0.6) is 0 Å². The van der Waals surface area contributed by atoms with E-state index in [2.05, 4.69) is 0 Å². The van der Waals surface area contributed by atoms with Crippen molar-refractivity contribution in [2.75, 3.05) is 13.2 Å². The van der Waals surface area contributed by atoms with Gasteiger partial charge in [-0.2, -0.15) is 0 Å². The second-order valence-electron chi connectivity index (χ2n) is 6.28. The Balaban J connectivity index is 4.48. The third-order valence-electron chi connectivity index (χ3n) is 2.64. The molecule has 0 saturated heterocycles. The molecule has 0 aromatic carbocycles. The van der Waals surface area contributed by atoms with E-state index in [1.54, 1.807) is 27.7 Å². The maximum atomic E-state index is 11.7. The van der Waals surface area contributed by atoms with Gasteiger partial charge in [0.2, 0.25) is 0 Å². The molecule has 0 aliphatic rings. The van der Waals surface area contributed by atoms with Gasteiger partial charge in [-0.3, -0.25) is 14.4 Å². The lowest BCUT2D eigenvalue weighted by atomic mass is 10.1. The van der Waals surface area contributed by atoms with Crippen LogP contribution in [0.2, 0.25) is 0 Å². The Morgan fingerprint density at radius 3 is 1.73 bits per heavy atom. The lowest BCUT2D eigenvalue weighted by Gasteiger charge is -2.20. The summed E-state index contributed by atoms with van der Waals surface area (Å²) < 4.78 is 15.3. The zero-order valence-electron chi connectivity index (χ0n) is 14.4. The Kier molecular flexibility index (Phi) is 9.45. The van der Waals surface area contributed by atoms with Gasteiger partial charge in [-0.1, -0.05) is 41.5 Å². The monoisotopic (exact) mass is 316 g/mol. The number of ether oxygens (including phenoxy) is 3. The minimum absolute atomic E-state index is 0.116. The van der Waals surface area contributed by atoms with Crippen molar-refractivity contribution in [3.05, 3.63) is 0 Å². The fraction of sp³-hybridized carbons (Fsp3) is 0.812. The lowest BCUT2D eigenvalue weighted by Crippen LogP contribution is -2.33. The Labute approximate surface area is 132 Å². The molecule has 0 saturated carbocycles. The summed E-state index contributed by atoms with van der Waals surface area (Å²) in [6.45, 7) is 10.4. The summed E-state index contributed by atoms with van der Waals surface area (Å²) in [5.74, 6) is -1.58. The predicted molar refractivity (Wildman–Crippen MR) is 80.9 cm³/mol. The van der Waals surface area contributed by atoms with Crippen molar-refractivity contribution in [3.63, 3.8) is 0 Å². The molecule has 0 heterocycles. The van der Waals surface area contributed by atoms with E-state index in [1.807, 2.05) is 13.8 Å². The molecule has 128 valence electrons. The molecule has 1 atom stereocenters. The van der Waals surface area contributed by atoms with E-state index in [1.165, 1.54) is 0 Å². The van der Waals surface area contributed by atoms with Crippen molar-refractivity contribution >= 4 is 17.9 Å². The Bertz CT molecular complexity index is 373. The molecule has 0 radical (unpaired) electrons. The summed E-state index contributed by atoms with van der Waals surface area (Å²) in [6.07, 6.45) is -0.495. The molecule has 0 amide bonds. The highest BCUT2D eigenvalue weighted by molar-refractivity contribution is 5.72. The van der Waals surface area contributed by atoms with Crippen molar-refractivity contribution in [1.29, 1.82) is 0 Å². The van der Waals surface area contributed by atoms with Crippen LogP contribution in [0.4, 0.5) is 0 Å². The highest BCUT2D eigenvalue weighted by Gasteiger charge is 2.21. The highest BCUT2D eigenvalue weighted by atomic mass is 16.6. The SMILES string of the molecule is CC(C)CC(=O)OCC(COC(=O)C(C)C)OC(=O)C(C)C. The van der Waals surface area contributed by atoms with Crippen molar-refractivity contribution in [3.8, 4) is 0 Å². The summed E-state index contributed by atoms with van der Waals surface area (Å²) in [7, 11) is 0. The molecular formula is C16H28O6. The van der Waals surface area contributed by atoms with Gasteiger partial charge in [0, 0.05) is 6.42 Å². The average molecular weight is 316 g/mol. The van der Waals surface area contributed by atoms with Gasteiger partial charge in [0.15, 0.2) is 6.10 Å². The molecule has 0 spiro atoms. The van der Waals surface area contributed by atoms with E-state index < -0.39 is 12.1 Å². The van der Waals surface area contributed by atoms with Gasteiger partial charge in [0.1, 0.15) is 13.2 Å². The number of hydrogen-bond donors (Lipinski definition) is 0. The number of carbonyl (C=O) groups excluding carboxylic acids is 3. The maximum Gasteiger partial charge on any atom is 0.308 e. The standard InChI is InChI=1S/C16H28O6/c1-10(2)7-14(17)20-8-13(22-16(19)12(5)6)9-21-15(18)11(3)4/h10-13H,7-9H2,1-6H3. The number of rotatable bonds is 9. The molecule has 0 aliphatic heterocycles. The molecule has 1 unspecified atom stereocenters. The van der Waals surface area contributed by atoms with E-state index in [0.29, 0.717) is 0 Å². The van der Waals surface area contributed by atoms with Crippen LogP contribution >= 0.6 is 0 Å². The maximum absolute atomic E-state index is 11.7. The quantitative estimate of drug-likeness (QED) is 0.480. The van der Waals surface area contributed by atoms with Crippen LogP contribution < -0.4 is 0 Å². The van der Waals surface area contributed by atoms with Crippen LogP contribution in [0, 0.1) is 17.8 Å². The Morgan fingerprint density at radius 1 is 0.773 bits per heavy atom. The zero-order chi connectivity index (χ0) is 17.3. The second-order valence-corrected chi connectivity index (χ2v) is 6.28. The first-order valence-electron chi connectivity index (χ1n) is 7.66. The van der Waals surface area contributed by atoms with Gasteiger partial charge in [-0.25, -0.2) is 0 Å². The van der Waals surface area contributed by atoms with Crippen LogP contribution in [0.25, 0.3) is 0 Å². The summed E-state index contributed by atoms with van der Waals surface area (Å²) in [6, 6.07) is 0. The van der Waals surface area contributed by atoms with Crippen LogP contribution in [0.1, 0.15) is 48.0 Å². The van der Waals surface area contributed by atoms with Crippen molar-refractivity contribution < 1.29 is 28.6 Å². The van der Waals surface area contributed by atoms with Crippen molar-refractivity contribution in [2.24, 2.45) is 17.8 Å². The van der Waals surface area contributed by atoms with Crippen molar-refractivity contribution in [1.82, 2.24) is 0 Å². The lowest BCUT2D eigenvalue weighted by molar-refractivity contribution is -0.170. The molecule has 22 heavy (non-hydrogen) atoms. The van der Waals surface area contributed by atoms with Crippen LogP contribution in [0.3, 0.4) is 0 Å². The minimum Gasteiger partial charge on any atom is -0.462 e. The third-order valence-corrected chi connectivity index (χ3v) is 2.64. The van der Waals surface area contributed by atoms with Gasteiger partial charge in [-0.05, 0) is 5.92 Å². The summed E-state index contributed by atoms with van der Waals surface area (Å²) >= 11 is 0. The molecule has 0 aromatic rings. The van der Waals surface area contributed by atoms with E-state index >= 15 is 0 Å². The summed E-state index contributed by atoms with van der Waals surface area (Å²) in [5, 5.41) is 0. The molecule has 0 bridgehead atoms. The van der Waals surface area contributed by atoms with Crippen LogP contribution in [-0.2, 0) is 28.6 Å². The molecule has 0 aromatic heterocycles. The predicted octanol–water partition coefficient (Wildman–Crippen LogP) is 2.34. The number of hydrogen-bond acceptors (Lipinski definition) is 6. The molecule has 6 nitrogen and oxygen atoms in total. The topological polar surface area (TPSA) is 78.9 Å². The highest BCUT2D eigenvalue weighted by Crippen LogP contribution is 2.07. The smallest absolute Gasteiger partial charge is 0.308 e. The van der Waals surface area contributed by atoms with E-state index in [-0.39, 0.29) is 49.3 Å². The normalized spacial score (nSPS) is 12.4. The molecule has 0 N–H and O–H groups in total. The van der Waals surface area contributed by atoms with Gasteiger partial charge in [0.05, 0.1) is 11.8 Å². The minimum atomic E-state index is -0.784. The number of carbonyl (C=O) groups is 3. The fourth-order valence-electron chi connectivity index (χ4n) is 1.34. The zero-order valence-corrected chi connectivity index (χ0v) is 14.4. The van der Waals surface area contributed by atoms with E-state index in [0.717, 1.165) is 0 Å². The van der Waals surface area contributed by atoms with E-state index in [9.17, 15) is 14.4 Å². The molecular weight excluding hydrogens is 288 g/mol. The van der Waals surface area contributed by atoms with Gasteiger partial charge in [-0.15, -0.1) is 0 Å². The molecule has 0 fully saturated rings. The second kappa shape index (κ2) is 10.2. The Morgan fingerprint density at radius 2 is 1.27 bits per heavy atom. The molecule has 0 aliphatic carbocycles. The third kappa shape index (κ3) is 9.37. The Hall–Kier alpha value is -1.59. The van der Waals surface area contributed by atoms with Gasteiger partial charge >= 0.3 is 17.9 Å². The van der Waals surface area contributed by atoms with Gasteiger partial charge in [0.25, 0.3) is 0 Å². The van der Waals surface area contributed by atoms with Crippen molar-refractivity contribution in [2.45, 2.75) is 54.1 Å². The summed E-state index contributed by atoms with van der Waals surface area (Å²) in [4.78, 5) is 34.7. The molecule has 0 rings (SSSR count). The molecule has 6 heteroatoms. The van der Waals surface area contributed by atoms with Crippen LogP contribution in [-0.4, -0.2) is 37.2 Å². The first-order valence-corrected chi connectivity index (χ1v) is 7.66. The summed E-state index contributed by atoms with van der Waals surface area (Å²) in [5.41, 5.74) is 0. The van der Waals surface area contributed by atoms with Gasteiger partial charge < -0.3 is 14.2 Å². The first-order chi connectivity index (χ1) is 10.1. The average Bonchev–Trinajstić information content (AvgIpc) is 2.39. The fourth-order valence-corrected chi connectivity index (χ4v) is 1.34.